The minimum atomic E-state index is -0.305. The van der Waals surface area contributed by atoms with Crippen molar-refractivity contribution in [2.75, 3.05) is 5.32 Å². The van der Waals surface area contributed by atoms with Gasteiger partial charge in [0.25, 0.3) is 0 Å². The molecule has 0 radical (unpaired) electrons. The molecule has 0 unspecified atom stereocenters. The summed E-state index contributed by atoms with van der Waals surface area (Å²) in [7, 11) is 0. The van der Waals surface area contributed by atoms with Crippen LogP contribution in [0.3, 0.4) is 0 Å². The van der Waals surface area contributed by atoms with E-state index >= 15 is 0 Å². The second kappa shape index (κ2) is 6.58. The van der Waals surface area contributed by atoms with E-state index in [1.165, 1.54) is 17.7 Å². The van der Waals surface area contributed by atoms with Crippen molar-refractivity contribution in [2.24, 2.45) is 0 Å². The Morgan fingerprint density at radius 2 is 1.89 bits per heavy atom. The minimum Gasteiger partial charge on any atom is -0.381 e. The van der Waals surface area contributed by atoms with E-state index in [1.807, 2.05) is 12.1 Å². The maximum atomic E-state index is 13.0. The first-order valence-electron chi connectivity index (χ1n) is 6.46. The molecule has 100 valence electrons. The van der Waals surface area contributed by atoms with E-state index in [1.54, 1.807) is 6.07 Å². The lowest BCUT2D eigenvalue weighted by Crippen LogP contribution is -2.03. The van der Waals surface area contributed by atoms with Gasteiger partial charge in [-0.05, 0) is 35.7 Å². The van der Waals surface area contributed by atoms with Gasteiger partial charge < -0.3 is 5.32 Å². The number of hydrogen-bond donors (Lipinski definition) is 1. The van der Waals surface area contributed by atoms with Crippen LogP contribution in [0.5, 0.6) is 0 Å². The molecular weight excluding hydrogens is 261 g/mol. The fourth-order valence-electron chi connectivity index (χ4n) is 2.04. The molecule has 1 N–H and O–H groups in total. The molecule has 0 aliphatic carbocycles. The van der Waals surface area contributed by atoms with Crippen molar-refractivity contribution in [1.29, 1.82) is 0 Å². The Labute approximate surface area is 118 Å². The molecule has 0 bridgehead atoms. The molecule has 0 aliphatic rings. The number of aryl methyl sites for hydroxylation is 1. The maximum Gasteiger partial charge on any atom is 0.124 e. The molecule has 0 saturated carbocycles. The van der Waals surface area contributed by atoms with Gasteiger partial charge in [0, 0.05) is 17.3 Å². The van der Waals surface area contributed by atoms with Crippen LogP contribution in [0.25, 0.3) is 0 Å². The monoisotopic (exact) mass is 277 g/mol. The lowest BCUT2D eigenvalue weighted by molar-refractivity contribution is 0.627. The van der Waals surface area contributed by atoms with E-state index in [2.05, 4.69) is 24.4 Å². The van der Waals surface area contributed by atoms with Gasteiger partial charge in [-0.3, -0.25) is 0 Å². The van der Waals surface area contributed by atoms with E-state index in [0.717, 1.165) is 24.1 Å². The lowest BCUT2D eigenvalue weighted by atomic mass is 10.1. The number of nitrogens with one attached hydrogen (secondary N) is 1. The quantitative estimate of drug-likeness (QED) is 0.807. The van der Waals surface area contributed by atoms with Crippen molar-refractivity contribution in [1.82, 2.24) is 0 Å². The van der Waals surface area contributed by atoms with Crippen LogP contribution in [0, 0.1) is 5.82 Å². The van der Waals surface area contributed by atoms with Crippen molar-refractivity contribution in [2.45, 2.75) is 26.3 Å². The highest BCUT2D eigenvalue weighted by Gasteiger charge is 2.04. The van der Waals surface area contributed by atoms with Crippen LogP contribution in [-0.4, -0.2) is 0 Å². The van der Waals surface area contributed by atoms with Gasteiger partial charge >= 0.3 is 0 Å². The molecule has 0 aromatic heterocycles. The first-order valence-corrected chi connectivity index (χ1v) is 6.84. The van der Waals surface area contributed by atoms with Crippen molar-refractivity contribution < 1.29 is 4.39 Å². The Hall–Kier alpha value is -1.54. The predicted molar refractivity (Wildman–Crippen MR) is 79.2 cm³/mol. The Balaban J connectivity index is 2.10. The van der Waals surface area contributed by atoms with Gasteiger partial charge in [-0.1, -0.05) is 49.2 Å². The van der Waals surface area contributed by atoms with Crippen LogP contribution in [0.15, 0.2) is 42.5 Å². The standard InChI is InChI=1S/C16H17ClFN/c1-2-5-12-6-3-4-7-16(12)19-11-13-8-9-14(18)10-15(13)17/h3-4,6-10,19H,2,5,11H2,1H3. The molecule has 0 amide bonds. The van der Waals surface area contributed by atoms with E-state index in [4.69, 9.17) is 11.6 Å². The molecule has 2 aromatic carbocycles. The number of para-hydroxylation sites is 1. The van der Waals surface area contributed by atoms with Gasteiger partial charge in [0.15, 0.2) is 0 Å². The highest BCUT2D eigenvalue weighted by atomic mass is 35.5. The Morgan fingerprint density at radius 1 is 1.11 bits per heavy atom. The third-order valence-corrected chi connectivity index (χ3v) is 3.37. The summed E-state index contributed by atoms with van der Waals surface area (Å²) in [5.41, 5.74) is 3.31. The van der Waals surface area contributed by atoms with Crippen LogP contribution < -0.4 is 5.32 Å². The fourth-order valence-corrected chi connectivity index (χ4v) is 2.27. The normalized spacial score (nSPS) is 10.5. The second-order valence-corrected chi connectivity index (χ2v) is 4.90. The highest BCUT2D eigenvalue weighted by Crippen LogP contribution is 2.21. The average Bonchev–Trinajstić information content (AvgIpc) is 2.40. The van der Waals surface area contributed by atoms with Crippen molar-refractivity contribution in [3.8, 4) is 0 Å². The summed E-state index contributed by atoms with van der Waals surface area (Å²) in [4.78, 5) is 0. The van der Waals surface area contributed by atoms with Gasteiger partial charge in [0.05, 0.1) is 0 Å². The summed E-state index contributed by atoms with van der Waals surface area (Å²) in [6, 6.07) is 12.7. The molecule has 0 atom stereocenters. The molecule has 3 heteroatoms. The molecule has 0 aliphatic heterocycles. The molecule has 0 heterocycles. The zero-order chi connectivity index (χ0) is 13.7. The summed E-state index contributed by atoms with van der Waals surface area (Å²) in [6.07, 6.45) is 2.15. The summed E-state index contributed by atoms with van der Waals surface area (Å²) in [6.45, 7) is 2.76. The third-order valence-electron chi connectivity index (χ3n) is 3.02. The van der Waals surface area contributed by atoms with Crippen molar-refractivity contribution in [3.05, 3.63) is 64.4 Å². The summed E-state index contributed by atoms with van der Waals surface area (Å²) in [5.74, 6) is -0.305. The maximum absolute atomic E-state index is 13.0. The summed E-state index contributed by atoms with van der Waals surface area (Å²) in [5, 5.41) is 3.83. The first kappa shape index (κ1) is 13.9. The number of rotatable bonds is 5. The van der Waals surface area contributed by atoms with Crippen molar-refractivity contribution >= 4 is 17.3 Å². The topological polar surface area (TPSA) is 12.0 Å². The predicted octanol–water partition coefficient (Wildman–Crippen LogP) is 5.04. The van der Waals surface area contributed by atoms with Crippen molar-refractivity contribution in [3.63, 3.8) is 0 Å². The number of anilines is 1. The van der Waals surface area contributed by atoms with E-state index < -0.39 is 0 Å². The van der Waals surface area contributed by atoms with Crippen LogP contribution >= 0.6 is 11.6 Å². The third kappa shape index (κ3) is 3.71. The van der Waals surface area contributed by atoms with Crippen LogP contribution in [-0.2, 0) is 13.0 Å². The molecule has 2 rings (SSSR count). The SMILES string of the molecule is CCCc1ccccc1NCc1ccc(F)cc1Cl. The molecule has 0 fully saturated rings. The Kier molecular flexibility index (Phi) is 4.80. The van der Waals surface area contributed by atoms with Crippen LogP contribution in [0.4, 0.5) is 10.1 Å². The number of halogens is 2. The molecule has 0 saturated heterocycles. The lowest BCUT2D eigenvalue weighted by Gasteiger charge is -2.12. The van der Waals surface area contributed by atoms with Gasteiger partial charge in [-0.2, -0.15) is 0 Å². The van der Waals surface area contributed by atoms with E-state index in [0.29, 0.717) is 11.6 Å². The van der Waals surface area contributed by atoms with Gasteiger partial charge in [-0.15, -0.1) is 0 Å². The number of benzene rings is 2. The van der Waals surface area contributed by atoms with Gasteiger partial charge in [0.2, 0.25) is 0 Å². The smallest absolute Gasteiger partial charge is 0.124 e. The van der Waals surface area contributed by atoms with Gasteiger partial charge in [0.1, 0.15) is 5.82 Å². The van der Waals surface area contributed by atoms with Crippen LogP contribution in [0.1, 0.15) is 24.5 Å². The first-order chi connectivity index (χ1) is 9.20. The van der Waals surface area contributed by atoms with Crippen LogP contribution in [0.2, 0.25) is 5.02 Å². The highest BCUT2D eigenvalue weighted by molar-refractivity contribution is 6.31. The molecular formula is C16H17ClFN. The van der Waals surface area contributed by atoms with E-state index in [9.17, 15) is 4.39 Å². The summed E-state index contributed by atoms with van der Waals surface area (Å²) >= 11 is 6.02. The largest absolute Gasteiger partial charge is 0.381 e. The second-order valence-electron chi connectivity index (χ2n) is 4.50. The fraction of sp³-hybridized carbons (Fsp3) is 0.250. The minimum absolute atomic E-state index is 0.305. The Bertz CT molecular complexity index is 554. The summed E-state index contributed by atoms with van der Waals surface area (Å²) < 4.78 is 13.0. The molecule has 19 heavy (non-hydrogen) atoms. The number of hydrogen-bond acceptors (Lipinski definition) is 1. The van der Waals surface area contributed by atoms with E-state index in [-0.39, 0.29) is 5.82 Å². The Morgan fingerprint density at radius 3 is 2.63 bits per heavy atom. The molecule has 0 spiro atoms. The average molecular weight is 278 g/mol. The van der Waals surface area contributed by atoms with Gasteiger partial charge in [-0.25, -0.2) is 4.39 Å². The zero-order valence-electron chi connectivity index (χ0n) is 10.9. The molecule has 2 aromatic rings. The molecule has 1 nitrogen and oxygen atoms in total. The zero-order valence-corrected chi connectivity index (χ0v) is 11.7.